The quantitative estimate of drug-likeness (QED) is 0.492. The van der Waals surface area contributed by atoms with E-state index in [0.717, 1.165) is 11.7 Å². The van der Waals surface area contributed by atoms with E-state index in [2.05, 4.69) is 27.6 Å². The van der Waals surface area contributed by atoms with Crippen molar-refractivity contribution in [3.63, 3.8) is 0 Å². The van der Waals surface area contributed by atoms with Crippen LogP contribution in [0.5, 0.6) is 0 Å². The fourth-order valence-corrected chi connectivity index (χ4v) is 2.07. The minimum atomic E-state index is 0.401. The molecule has 6 heteroatoms. The van der Waals surface area contributed by atoms with E-state index in [4.69, 9.17) is 10.6 Å². The standard InChI is InChI=1S/C13H23N5O/c1-3-19-8-13-16-11(7-12(17-13)18-14)15-9(2)6-10-4-5-10/h7,9-10H,3-6,8,14H2,1-2H3,(H2,15,16,17,18). The van der Waals surface area contributed by atoms with Crippen LogP contribution in [0.15, 0.2) is 6.07 Å². The van der Waals surface area contributed by atoms with Crippen LogP contribution in [0.1, 0.15) is 38.9 Å². The fourth-order valence-electron chi connectivity index (χ4n) is 2.07. The van der Waals surface area contributed by atoms with Gasteiger partial charge in [0.1, 0.15) is 18.2 Å². The molecule has 0 saturated heterocycles. The van der Waals surface area contributed by atoms with Gasteiger partial charge < -0.3 is 15.5 Å². The fraction of sp³-hybridized carbons (Fsp3) is 0.692. The minimum absolute atomic E-state index is 0.401. The third-order valence-electron chi connectivity index (χ3n) is 3.13. The van der Waals surface area contributed by atoms with Crippen molar-refractivity contribution in [2.45, 2.75) is 45.8 Å². The Morgan fingerprint density at radius 3 is 2.79 bits per heavy atom. The molecule has 6 nitrogen and oxygen atoms in total. The van der Waals surface area contributed by atoms with Crippen LogP contribution in [0.3, 0.4) is 0 Å². The lowest BCUT2D eigenvalue weighted by Crippen LogP contribution is -2.19. The van der Waals surface area contributed by atoms with Crippen molar-refractivity contribution in [2.75, 3.05) is 17.3 Å². The van der Waals surface area contributed by atoms with Gasteiger partial charge in [-0.05, 0) is 26.2 Å². The van der Waals surface area contributed by atoms with E-state index >= 15 is 0 Å². The van der Waals surface area contributed by atoms with E-state index in [1.807, 2.05) is 13.0 Å². The topological polar surface area (TPSA) is 85.1 Å². The van der Waals surface area contributed by atoms with Crippen LogP contribution >= 0.6 is 0 Å². The highest BCUT2D eigenvalue weighted by Gasteiger charge is 2.23. The molecule has 0 spiro atoms. The summed E-state index contributed by atoms with van der Waals surface area (Å²) in [5, 5.41) is 3.40. The largest absolute Gasteiger partial charge is 0.374 e. The Morgan fingerprint density at radius 2 is 2.16 bits per heavy atom. The number of hydrogen-bond donors (Lipinski definition) is 3. The molecule has 2 rings (SSSR count). The summed E-state index contributed by atoms with van der Waals surface area (Å²) in [6.07, 6.45) is 3.91. The molecular formula is C13H23N5O. The number of nitrogen functional groups attached to an aromatic ring is 1. The van der Waals surface area contributed by atoms with Gasteiger partial charge in [-0.3, -0.25) is 0 Å². The Labute approximate surface area is 114 Å². The van der Waals surface area contributed by atoms with Crippen LogP contribution < -0.4 is 16.6 Å². The molecule has 106 valence electrons. The van der Waals surface area contributed by atoms with Crippen molar-refractivity contribution in [1.29, 1.82) is 0 Å². The Bertz CT molecular complexity index is 408. The summed E-state index contributed by atoms with van der Waals surface area (Å²) in [6, 6.07) is 2.23. The number of aromatic nitrogens is 2. The first-order chi connectivity index (χ1) is 9.21. The molecule has 4 N–H and O–H groups in total. The molecule has 1 saturated carbocycles. The lowest BCUT2D eigenvalue weighted by Gasteiger charge is -2.15. The Morgan fingerprint density at radius 1 is 1.42 bits per heavy atom. The van der Waals surface area contributed by atoms with Gasteiger partial charge in [-0.2, -0.15) is 0 Å². The van der Waals surface area contributed by atoms with E-state index < -0.39 is 0 Å². The van der Waals surface area contributed by atoms with Gasteiger partial charge in [0.05, 0.1) is 0 Å². The van der Waals surface area contributed by atoms with Crippen LogP contribution in [0, 0.1) is 5.92 Å². The van der Waals surface area contributed by atoms with Crippen molar-refractivity contribution >= 4 is 11.6 Å². The Hall–Kier alpha value is -1.40. The summed E-state index contributed by atoms with van der Waals surface area (Å²) in [4.78, 5) is 8.70. The van der Waals surface area contributed by atoms with Gasteiger partial charge in [0.2, 0.25) is 0 Å². The molecule has 0 radical (unpaired) electrons. The monoisotopic (exact) mass is 265 g/mol. The smallest absolute Gasteiger partial charge is 0.158 e. The maximum Gasteiger partial charge on any atom is 0.158 e. The maximum absolute atomic E-state index is 5.43. The second-order valence-corrected chi connectivity index (χ2v) is 5.06. The van der Waals surface area contributed by atoms with Crippen LogP contribution in [-0.4, -0.2) is 22.6 Å². The van der Waals surface area contributed by atoms with Crippen molar-refractivity contribution in [1.82, 2.24) is 9.97 Å². The summed E-state index contributed by atoms with van der Waals surface area (Å²) in [6.45, 7) is 5.17. The number of nitrogens with two attached hydrogens (primary N) is 1. The lowest BCUT2D eigenvalue weighted by atomic mass is 10.1. The number of nitrogens with zero attached hydrogens (tertiary/aromatic N) is 2. The summed E-state index contributed by atoms with van der Waals surface area (Å²) in [7, 11) is 0. The zero-order valence-electron chi connectivity index (χ0n) is 11.6. The van der Waals surface area contributed by atoms with Crippen molar-refractivity contribution in [3.8, 4) is 0 Å². The van der Waals surface area contributed by atoms with Crippen LogP contribution in [0.2, 0.25) is 0 Å². The highest BCUT2D eigenvalue weighted by molar-refractivity contribution is 5.47. The minimum Gasteiger partial charge on any atom is -0.374 e. The number of hydrazine groups is 1. The molecule has 1 heterocycles. The number of ether oxygens (including phenoxy) is 1. The molecule has 0 bridgehead atoms. The lowest BCUT2D eigenvalue weighted by molar-refractivity contribution is 0.128. The van der Waals surface area contributed by atoms with Crippen LogP contribution in [0.4, 0.5) is 11.6 Å². The van der Waals surface area contributed by atoms with Gasteiger partial charge in [-0.25, -0.2) is 15.8 Å². The Kier molecular flexibility index (Phi) is 4.93. The van der Waals surface area contributed by atoms with Gasteiger partial charge >= 0.3 is 0 Å². The zero-order chi connectivity index (χ0) is 13.7. The third kappa shape index (κ3) is 4.65. The predicted octanol–water partition coefficient (Wildman–Crippen LogP) is 1.90. The first-order valence-electron chi connectivity index (χ1n) is 6.90. The highest BCUT2D eigenvalue weighted by Crippen LogP contribution is 2.34. The summed E-state index contributed by atoms with van der Waals surface area (Å²) in [5.41, 5.74) is 2.56. The molecule has 0 aliphatic heterocycles. The first kappa shape index (κ1) is 14.0. The van der Waals surface area contributed by atoms with Crippen LogP contribution in [0.25, 0.3) is 0 Å². The second kappa shape index (κ2) is 6.68. The molecule has 0 amide bonds. The second-order valence-electron chi connectivity index (χ2n) is 5.06. The van der Waals surface area contributed by atoms with Crippen molar-refractivity contribution in [3.05, 3.63) is 11.9 Å². The normalized spacial score (nSPS) is 16.2. The molecule has 1 atom stereocenters. The number of rotatable bonds is 8. The van der Waals surface area contributed by atoms with Gasteiger partial charge in [0.25, 0.3) is 0 Å². The predicted molar refractivity (Wildman–Crippen MR) is 75.6 cm³/mol. The van der Waals surface area contributed by atoms with Gasteiger partial charge in [0, 0.05) is 18.7 Å². The highest BCUT2D eigenvalue weighted by atomic mass is 16.5. The average Bonchev–Trinajstić information content (AvgIpc) is 3.19. The van der Waals surface area contributed by atoms with E-state index in [1.165, 1.54) is 19.3 Å². The zero-order valence-corrected chi connectivity index (χ0v) is 11.6. The van der Waals surface area contributed by atoms with Crippen molar-refractivity contribution in [2.24, 2.45) is 11.8 Å². The number of anilines is 2. The molecule has 19 heavy (non-hydrogen) atoms. The van der Waals surface area contributed by atoms with E-state index in [0.29, 0.717) is 30.9 Å². The third-order valence-corrected chi connectivity index (χ3v) is 3.13. The molecule has 1 aliphatic rings. The van der Waals surface area contributed by atoms with Gasteiger partial charge in [-0.15, -0.1) is 0 Å². The number of hydrogen-bond acceptors (Lipinski definition) is 6. The summed E-state index contributed by atoms with van der Waals surface area (Å²) >= 11 is 0. The van der Waals surface area contributed by atoms with E-state index in [1.54, 1.807) is 0 Å². The summed E-state index contributed by atoms with van der Waals surface area (Å²) < 4.78 is 5.33. The van der Waals surface area contributed by atoms with E-state index in [9.17, 15) is 0 Å². The van der Waals surface area contributed by atoms with Crippen molar-refractivity contribution < 1.29 is 4.74 Å². The molecule has 1 fully saturated rings. The first-order valence-corrected chi connectivity index (χ1v) is 6.90. The maximum atomic E-state index is 5.43. The van der Waals surface area contributed by atoms with Gasteiger partial charge in [-0.1, -0.05) is 12.8 Å². The Balaban J connectivity index is 2.00. The number of nitrogens with one attached hydrogen (secondary N) is 2. The molecular weight excluding hydrogens is 242 g/mol. The molecule has 0 aromatic carbocycles. The molecule has 1 unspecified atom stereocenters. The SMILES string of the molecule is CCOCc1nc(NN)cc(NC(C)CC2CC2)n1. The van der Waals surface area contributed by atoms with E-state index in [-0.39, 0.29) is 0 Å². The molecule has 1 aromatic rings. The molecule has 1 aromatic heterocycles. The average molecular weight is 265 g/mol. The summed E-state index contributed by atoms with van der Waals surface area (Å²) in [5.74, 6) is 8.35. The van der Waals surface area contributed by atoms with Gasteiger partial charge in [0.15, 0.2) is 5.82 Å². The van der Waals surface area contributed by atoms with Crippen LogP contribution in [-0.2, 0) is 11.3 Å². The molecule has 1 aliphatic carbocycles.